The third-order valence-corrected chi connectivity index (χ3v) is 5.86. The van der Waals surface area contributed by atoms with Gasteiger partial charge in [-0.05, 0) is 30.7 Å². The van der Waals surface area contributed by atoms with Gasteiger partial charge in [-0.25, -0.2) is 12.6 Å². The summed E-state index contributed by atoms with van der Waals surface area (Å²) >= 11 is 0. The average Bonchev–Trinajstić information content (AvgIpc) is 2.45. The van der Waals surface area contributed by atoms with E-state index in [1.165, 1.54) is 24.4 Å². The van der Waals surface area contributed by atoms with Gasteiger partial charge in [0.05, 0.1) is 10.1 Å². The molecule has 5 nitrogen and oxygen atoms in total. The summed E-state index contributed by atoms with van der Waals surface area (Å²) in [5.74, 6) is 0. The molecule has 2 rings (SSSR count). The molecule has 0 N–H and O–H groups in total. The minimum Gasteiger partial charge on any atom is -0.618 e. The Morgan fingerprint density at radius 2 is 1.76 bits per heavy atom. The molecule has 0 aliphatic heterocycles. The van der Waals surface area contributed by atoms with Crippen LogP contribution in [0.1, 0.15) is 17.7 Å². The second-order valence-electron chi connectivity index (χ2n) is 4.65. The molecule has 0 saturated carbocycles. The van der Waals surface area contributed by atoms with Crippen LogP contribution in [0.5, 0.6) is 0 Å². The lowest BCUT2D eigenvalue weighted by molar-refractivity contribution is -0.646. The number of pyridine rings is 1. The Bertz CT molecular complexity index is 770. The van der Waals surface area contributed by atoms with Crippen molar-refractivity contribution in [2.75, 3.05) is 6.26 Å². The zero-order valence-corrected chi connectivity index (χ0v) is 13.2. The molecule has 2 atom stereocenters. The van der Waals surface area contributed by atoms with E-state index < -0.39 is 25.9 Å². The van der Waals surface area contributed by atoms with Crippen LogP contribution >= 0.6 is 0 Å². The molecule has 1 aromatic carbocycles. The standard InChI is InChI=1S/C14H15NO4S2/c1-11(20(17)14-5-3-4-10-15(14)16)12-6-8-13(9-7-12)21(2,18)19/h3-11H,1-2H3. The summed E-state index contributed by atoms with van der Waals surface area (Å²) in [6.45, 7) is 1.73. The Labute approximate surface area is 126 Å². The van der Waals surface area contributed by atoms with Crippen LogP contribution in [0.25, 0.3) is 0 Å². The van der Waals surface area contributed by atoms with E-state index in [0.717, 1.165) is 6.26 Å². The van der Waals surface area contributed by atoms with Crippen molar-refractivity contribution in [3.8, 4) is 0 Å². The summed E-state index contributed by atoms with van der Waals surface area (Å²) in [4.78, 5) is 0.211. The van der Waals surface area contributed by atoms with E-state index >= 15 is 0 Å². The van der Waals surface area contributed by atoms with Crippen molar-refractivity contribution < 1.29 is 17.4 Å². The van der Waals surface area contributed by atoms with Crippen LogP contribution in [0.2, 0.25) is 0 Å². The number of sulfone groups is 1. The minimum absolute atomic E-state index is 0.178. The number of hydrogen-bond donors (Lipinski definition) is 0. The van der Waals surface area contributed by atoms with E-state index in [0.29, 0.717) is 10.3 Å². The van der Waals surface area contributed by atoms with Gasteiger partial charge in [0.25, 0.3) is 5.03 Å². The Morgan fingerprint density at radius 1 is 1.14 bits per heavy atom. The van der Waals surface area contributed by atoms with Crippen LogP contribution in [0.4, 0.5) is 0 Å². The summed E-state index contributed by atoms with van der Waals surface area (Å²) in [6.07, 6.45) is 2.43. The summed E-state index contributed by atoms with van der Waals surface area (Å²) in [6, 6.07) is 10.9. The van der Waals surface area contributed by atoms with Gasteiger partial charge in [0.1, 0.15) is 10.8 Å². The van der Waals surface area contributed by atoms with Gasteiger partial charge >= 0.3 is 0 Å². The molecule has 0 fully saturated rings. The number of aromatic nitrogens is 1. The van der Waals surface area contributed by atoms with Crippen LogP contribution < -0.4 is 4.73 Å². The molecule has 0 bridgehead atoms. The normalized spacial score (nSPS) is 14.6. The zero-order chi connectivity index (χ0) is 15.6. The second-order valence-corrected chi connectivity index (χ2v) is 8.38. The summed E-state index contributed by atoms with van der Waals surface area (Å²) in [7, 11) is -4.77. The molecule has 21 heavy (non-hydrogen) atoms. The van der Waals surface area contributed by atoms with Gasteiger partial charge in [0, 0.05) is 18.4 Å². The number of rotatable bonds is 4. The van der Waals surface area contributed by atoms with Crippen molar-refractivity contribution in [3.63, 3.8) is 0 Å². The third kappa shape index (κ3) is 3.48. The van der Waals surface area contributed by atoms with Crippen molar-refractivity contribution in [3.05, 3.63) is 59.4 Å². The maximum Gasteiger partial charge on any atom is 0.282 e. The number of benzene rings is 1. The Balaban J connectivity index is 2.30. The van der Waals surface area contributed by atoms with E-state index in [9.17, 15) is 17.8 Å². The van der Waals surface area contributed by atoms with Crippen LogP contribution in [0, 0.1) is 5.21 Å². The SMILES string of the molecule is CC(c1ccc(S(C)(=O)=O)cc1)S(=O)c1cccc[n+]1[O-]. The van der Waals surface area contributed by atoms with Crippen molar-refractivity contribution in [2.24, 2.45) is 0 Å². The van der Waals surface area contributed by atoms with E-state index in [2.05, 4.69) is 0 Å². The van der Waals surface area contributed by atoms with Crippen molar-refractivity contribution >= 4 is 20.6 Å². The monoisotopic (exact) mass is 325 g/mol. The van der Waals surface area contributed by atoms with Crippen LogP contribution in [0.15, 0.2) is 58.6 Å². The fraction of sp³-hybridized carbons (Fsp3) is 0.214. The molecule has 1 heterocycles. The van der Waals surface area contributed by atoms with E-state index in [1.54, 1.807) is 31.2 Å². The van der Waals surface area contributed by atoms with Gasteiger partial charge in [0.2, 0.25) is 0 Å². The lowest BCUT2D eigenvalue weighted by Gasteiger charge is -2.11. The van der Waals surface area contributed by atoms with Gasteiger partial charge in [0.15, 0.2) is 16.0 Å². The quantitative estimate of drug-likeness (QED) is 0.632. The summed E-state index contributed by atoms with van der Waals surface area (Å²) in [5, 5.41) is 11.4. The first-order valence-corrected chi connectivity index (χ1v) is 9.30. The van der Waals surface area contributed by atoms with Crippen molar-refractivity contribution in [1.29, 1.82) is 0 Å². The van der Waals surface area contributed by atoms with E-state index in [-0.39, 0.29) is 9.92 Å². The molecule has 7 heteroatoms. The second kappa shape index (κ2) is 5.95. The summed E-state index contributed by atoms with van der Waals surface area (Å²) in [5.41, 5.74) is 0.713. The maximum absolute atomic E-state index is 12.4. The predicted octanol–water partition coefficient (Wildman–Crippen LogP) is 1.59. The first-order chi connectivity index (χ1) is 9.80. The van der Waals surface area contributed by atoms with Crippen molar-refractivity contribution in [2.45, 2.75) is 22.1 Å². The zero-order valence-electron chi connectivity index (χ0n) is 11.6. The molecule has 112 valence electrons. The minimum atomic E-state index is -3.25. The van der Waals surface area contributed by atoms with Gasteiger partial charge in [-0.15, -0.1) is 0 Å². The van der Waals surface area contributed by atoms with Crippen LogP contribution in [-0.2, 0) is 20.6 Å². The molecule has 0 saturated heterocycles. The topological polar surface area (TPSA) is 78.2 Å². The Kier molecular flexibility index (Phi) is 4.43. The highest BCUT2D eigenvalue weighted by Gasteiger charge is 2.22. The maximum atomic E-state index is 12.4. The van der Waals surface area contributed by atoms with Gasteiger partial charge in [-0.1, -0.05) is 12.1 Å². The molecule has 0 aliphatic rings. The van der Waals surface area contributed by atoms with E-state index in [1.807, 2.05) is 0 Å². The molecule has 0 amide bonds. The lowest BCUT2D eigenvalue weighted by atomic mass is 10.2. The molecular formula is C14H15NO4S2. The Hall–Kier alpha value is -1.73. The predicted molar refractivity (Wildman–Crippen MR) is 79.8 cm³/mol. The molecule has 1 aromatic heterocycles. The molecule has 2 unspecified atom stereocenters. The van der Waals surface area contributed by atoms with E-state index in [4.69, 9.17) is 0 Å². The van der Waals surface area contributed by atoms with Crippen molar-refractivity contribution in [1.82, 2.24) is 0 Å². The molecular weight excluding hydrogens is 310 g/mol. The molecule has 0 spiro atoms. The number of hydrogen-bond acceptors (Lipinski definition) is 4. The molecule has 2 aromatic rings. The lowest BCUT2D eigenvalue weighted by Crippen LogP contribution is -2.32. The Morgan fingerprint density at radius 3 is 2.29 bits per heavy atom. The smallest absolute Gasteiger partial charge is 0.282 e. The fourth-order valence-electron chi connectivity index (χ4n) is 1.86. The highest BCUT2D eigenvalue weighted by atomic mass is 32.2. The highest BCUT2D eigenvalue weighted by molar-refractivity contribution is 7.90. The third-order valence-electron chi connectivity index (χ3n) is 3.09. The molecule has 0 aliphatic carbocycles. The largest absolute Gasteiger partial charge is 0.618 e. The first-order valence-electron chi connectivity index (χ1n) is 6.19. The first kappa shape index (κ1) is 15.7. The van der Waals surface area contributed by atoms with Crippen LogP contribution in [-0.4, -0.2) is 18.9 Å². The van der Waals surface area contributed by atoms with Crippen LogP contribution in [0.3, 0.4) is 0 Å². The van der Waals surface area contributed by atoms with Gasteiger partial charge in [-0.2, -0.15) is 4.73 Å². The fourth-order valence-corrected chi connectivity index (χ4v) is 3.71. The average molecular weight is 325 g/mol. The van der Waals surface area contributed by atoms with Gasteiger partial charge < -0.3 is 5.21 Å². The molecule has 0 radical (unpaired) electrons. The van der Waals surface area contributed by atoms with Gasteiger partial charge in [-0.3, -0.25) is 0 Å². The number of nitrogens with zero attached hydrogens (tertiary/aromatic N) is 1. The summed E-state index contributed by atoms with van der Waals surface area (Å²) < 4.78 is 35.8. The highest BCUT2D eigenvalue weighted by Crippen LogP contribution is 2.24.